The minimum atomic E-state index is -4.42. The highest BCUT2D eigenvalue weighted by Crippen LogP contribution is 2.35. The first-order valence-corrected chi connectivity index (χ1v) is 14.4. The van der Waals surface area contributed by atoms with Crippen LogP contribution in [0.4, 0.5) is 0 Å². The highest BCUT2D eigenvalue weighted by atomic mass is 31.2. The molecule has 0 fully saturated rings. The third-order valence-electron chi connectivity index (χ3n) is 5.99. The van der Waals surface area contributed by atoms with Gasteiger partial charge < -0.3 is 9.79 Å². The molecule has 0 aliphatic carbocycles. The molecule has 0 saturated heterocycles. The third-order valence-corrected chi connectivity index (χ3v) is 6.48. The third kappa shape index (κ3) is 21.5. The Balaban J connectivity index is 5.21. The molecule has 0 saturated carbocycles. The van der Waals surface area contributed by atoms with Gasteiger partial charge in [0, 0.05) is 0 Å². The van der Waals surface area contributed by atoms with E-state index < -0.39 is 7.82 Å². The Morgan fingerprint density at radius 1 is 0.629 bits per heavy atom. The smallest absolute Gasteiger partial charge is 0.303 e. The van der Waals surface area contributed by atoms with Crippen molar-refractivity contribution < 1.29 is 18.9 Å². The lowest BCUT2D eigenvalue weighted by atomic mass is 9.94. The van der Waals surface area contributed by atoms with Crippen LogP contribution in [-0.2, 0) is 9.09 Å². The molecule has 0 aromatic rings. The van der Waals surface area contributed by atoms with E-state index in [0.717, 1.165) is 63.4 Å². The predicted octanol–water partition coefficient (Wildman–Crippen LogP) is 9.69. The molecular weight excluding hydrogens is 455 g/mol. The summed E-state index contributed by atoms with van der Waals surface area (Å²) in [5, 5.41) is 0. The van der Waals surface area contributed by atoms with Crippen molar-refractivity contribution in [2.45, 2.75) is 113 Å². The Bertz CT molecular complexity index is 855. The van der Waals surface area contributed by atoms with E-state index in [0.29, 0.717) is 0 Å². The van der Waals surface area contributed by atoms with Crippen molar-refractivity contribution in [2.75, 3.05) is 6.61 Å². The minimum Gasteiger partial charge on any atom is -0.303 e. The fourth-order valence-corrected chi connectivity index (χ4v) is 3.88. The van der Waals surface area contributed by atoms with Crippen molar-refractivity contribution in [3.05, 3.63) is 69.4 Å². The van der Waals surface area contributed by atoms with E-state index in [2.05, 4.69) is 77.3 Å². The van der Waals surface area contributed by atoms with Crippen LogP contribution in [0, 0.1) is 0 Å². The summed E-state index contributed by atoms with van der Waals surface area (Å²) in [5.41, 5.74) is 9.62. The second kappa shape index (κ2) is 18.8. The number of phosphoric acid groups is 1. The average molecular weight is 507 g/mol. The van der Waals surface area contributed by atoms with Gasteiger partial charge in [0.05, 0.1) is 6.61 Å². The molecule has 2 N–H and O–H groups in total. The summed E-state index contributed by atoms with van der Waals surface area (Å²) in [6.45, 7) is 17.2. The zero-order valence-corrected chi connectivity index (χ0v) is 24.5. The van der Waals surface area contributed by atoms with Crippen LogP contribution in [-0.4, -0.2) is 16.4 Å². The standard InChI is InChI=1S/C30H51O4P/c1-24(2)12-9-14-26(5)16-11-17-29(8)30(20-18-27(6)15-10-13-25(3)4)21-19-28(7)22-23-34-35(31,32)33/h12-13,16,18,22H,9-11,14-15,17,19-21,23H2,1-8H3,(H2,31,32,33)/b26-16+,27-18+,28-22-,30-29+. The largest absolute Gasteiger partial charge is 0.469 e. The highest BCUT2D eigenvalue weighted by Gasteiger charge is 2.12. The monoisotopic (exact) mass is 506 g/mol. The number of phosphoric ester groups is 1. The highest BCUT2D eigenvalue weighted by molar-refractivity contribution is 7.46. The molecule has 0 aromatic heterocycles. The summed E-state index contributed by atoms with van der Waals surface area (Å²) in [4.78, 5) is 17.7. The van der Waals surface area contributed by atoms with Crippen molar-refractivity contribution in [3.8, 4) is 0 Å². The maximum absolute atomic E-state index is 10.9. The molecule has 0 aliphatic rings. The van der Waals surface area contributed by atoms with Gasteiger partial charge in [-0.25, -0.2) is 4.57 Å². The number of allylic oxidation sites excluding steroid dienone is 11. The van der Waals surface area contributed by atoms with Crippen molar-refractivity contribution >= 4 is 7.82 Å². The SMILES string of the molecule is CC(C)=CCC/C(C)=C/CC/C(C)=C(\C/C=C(\C)CCC=C(C)C)CC/C(C)=C\COP(=O)(O)O. The number of hydrogen-bond acceptors (Lipinski definition) is 2. The van der Waals surface area contributed by atoms with Crippen molar-refractivity contribution in [1.29, 1.82) is 0 Å². The van der Waals surface area contributed by atoms with Crippen LogP contribution in [0.5, 0.6) is 0 Å². The van der Waals surface area contributed by atoms with Crippen LogP contribution < -0.4 is 0 Å². The molecule has 0 heterocycles. The van der Waals surface area contributed by atoms with E-state index in [1.165, 1.54) is 33.4 Å². The Kier molecular flexibility index (Phi) is 18.0. The van der Waals surface area contributed by atoms with Gasteiger partial charge in [-0.3, -0.25) is 4.52 Å². The fraction of sp³-hybridized carbons (Fsp3) is 0.600. The molecule has 5 heteroatoms. The summed E-state index contributed by atoms with van der Waals surface area (Å²) < 4.78 is 15.4. The van der Waals surface area contributed by atoms with Crippen molar-refractivity contribution in [3.63, 3.8) is 0 Å². The van der Waals surface area contributed by atoms with Crippen LogP contribution >= 0.6 is 7.82 Å². The van der Waals surface area contributed by atoms with E-state index in [9.17, 15) is 4.57 Å². The van der Waals surface area contributed by atoms with Crippen LogP contribution in [0.1, 0.15) is 113 Å². The summed E-state index contributed by atoms with van der Waals surface area (Å²) >= 11 is 0. The molecule has 200 valence electrons. The van der Waals surface area contributed by atoms with Gasteiger partial charge in [-0.05, 0) is 113 Å². The van der Waals surface area contributed by atoms with E-state index in [1.54, 1.807) is 6.08 Å². The molecular formula is C30H51O4P. The van der Waals surface area contributed by atoms with Gasteiger partial charge >= 0.3 is 7.82 Å². The molecule has 0 bridgehead atoms. The summed E-state index contributed by atoms with van der Waals surface area (Å²) in [6.07, 6.45) is 20.4. The zero-order chi connectivity index (χ0) is 26.9. The minimum absolute atomic E-state index is 0.0612. The quantitative estimate of drug-likeness (QED) is 0.152. The molecule has 0 atom stereocenters. The van der Waals surface area contributed by atoms with Gasteiger partial charge in [0.1, 0.15) is 0 Å². The molecule has 0 spiro atoms. The average Bonchev–Trinajstić information content (AvgIpc) is 2.72. The molecule has 0 radical (unpaired) electrons. The van der Waals surface area contributed by atoms with Crippen molar-refractivity contribution in [1.82, 2.24) is 0 Å². The second-order valence-electron chi connectivity index (χ2n) is 10.2. The van der Waals surface area contributed by atoms with Gasteiger partial charge in [0.15, 0.2) is 0 Å². The Morgan fingerprint density at radius 2 is 1.11 bits per heavy atom. The maximum Gasteiger partial charge on any atom is 0.469 e. The lowest BCUT2D eigenvalue weighted by molar-refractivity contribution is 0.215. The van der Waals surface area contributed by atoms with E-state index in [1.807, 2.05) is 6.92 Å². The Hall–Kier alpha value is -1.45. The summed E-state index contributed by atoms with van der Waals surface area (Å²) in [5.74, 6) is 0. The Morgan fingerprint density at radius 3 is 1.63 bits per heavy atom. The summed E-state index contributed by atoms with van der Waals surface area (Å²) in [7, 11) is -4.42. The van der Waals surface area contributed by atoms with Crippen LogP contribution in [0.15, 0.2) is 69.4 Å². The topological polar surface area (TPSA) is 66.8 Å². The van der Waals surface area contributed by atoms with Gasteiger partial charge in [-0.1, -0.05) is 69.4 Å². The molecule has 35 heavy (non-hydrogen) atoms. The molecule has 4 nitrogen and oxygen atoms in total. The predicted molar refractivity (Wildman–Crippen MR) is 152 cm³/mol. The van der Waals surface area contributed by atoms with Crippen LogP contribution in [0.2, 0.25) is 0 Å². The fourth-order valence-electron chi connectivity index (χ4n) is 3.61. The summed E-state index contributed by atoms with van der Waals surface area (Å²) in [6, 6.07) is 0. The second-order valence-corrected chi connectivity index (χ2v) is 11.4. The van der Waals surface area contributed by atoms with Gasteiger partial charge in [0.2, 0.25) is 0 Å². The van der Waals surface area contributed by atoms with E-state index >= 15 is 0 Å². The van der Waals surface area contributed by atoms with Crippen LogP contribution in [0.3, 0.4) is 0 Å². The number of hydrogen-bond donors (Lipinski definition) is 2. The maximum atomic E-state index is 10.9. The first-order valence-electron chi connectivity index (χ1n) is 12.9. The Labute approximate surface area is 215 Å². The molecule has 0 amide bonds. The van der Waals surface area contributed by atoms with Crippen molar-refractivity contribution in [2.24, 2.45) is 0 Å². The van der Waals surface area contributed by atoms with E-state index in [-0.39, 0.29) is 6.61 Å². The van der Waals surface area contributed by atoms with E-state index in [4.69, 9.17) is 9.79 Å². The first-order chi connectivity index (χ1) is 16.3. The van der Waals surface area contributed by atoms with Crippen LogP contribution in [0.25, 0.3) is 0 Å². The normalized spacial score (nSPS) is 14.1. The van der Waals surface area contributed by atoms with Gasteiger partial charge in [-0.2, -0.15) is 0 Å². The molecule has 0 rings (SSSR count). The molecule has 0 aliphatic heterocycles. The molecule has 0 unspecified atom stereocenters. The zero-order valence-electron chi connectivity index (χ0n) is 23.6. The lowest BCUT2D eigenvalue weighted by Crippen LogP contribution is -1.94. The molecule has 0 aromatic carbocycles. The van der Waals surface area contributed by atoms with Gasteiger partial charge in [0.25, 0.3) is 0 Å². The lowest BCUT2D eigenvalue weighted by Gasteiger charge is -2.12. The number of rotatable bonds is 17. The van der Waals surface area contributed by atoms with Gasteiger partial charge in [-0.15, -0.1) is 0 Å². The first kappa shape index (κ1) is 33.5.